The molecule has 2 rings (SSSR count). The number of hydrogen-bond donors (Lipinski definition) is 1. The molecule has 0 saturated carbocycles. The highest BCUT2D eigenvalue weighted by molar-refractivity contribution is 7.07. The predicted octanol–water partition coefficient (Wildman–Crippen LogP) is 2.77. The van der Waals surface area contributed by atoms with Crippen LogP contribution in [0.2, 0.25) is 0 Å². The van der Waals surface area contributed by atoms with Crippen molar-refractivity contribution in [2.45, 2.75) is 6.10 Å². The second-order valence-corrected chi connectivity index (χ2v) is 5.05. The molecule has 1 N–H and O–H groups in total. The monoisotopic (exact) mass is 306 g/mol. The summed E-state index contributed by atoms with van der Waals surface area (Å²) in [5.41, 5.74) is 0.799. The van der Waals surface area contributed by atoms with Crippen molar-refractivity contribution in [3.63, 3.8) is 0 Å². The van der Waals surface area contributed by atoms with Gasteiger partial charge >= 0.3 is 0 Å². The van der Waals surface area contributed by atoms with Crippen LogP contribution in [0.25, 0.3) is 0 Å². The lowest BCUT2D eigenvalue weighted by Crippen LogP contribution is -2.29. The third-order valence-electron chi connectivity index (χ3n) is 2.99. The summed E-state index contributed by atoms with van der Waals surface area (Å²) in [5.74, 6) is -0.487. The minimum atomic E-state index is -0.568. The average Bonchev–Trinajstić information content (AvgIpc) is 3.02. The lowest BCUT2D eigenvalue weighted by Gasteiger charge is -2.15. The van der Waals surface area contributed by atoms with Crippen LogP contribution in [0.3, 0.4) is 0 Å². The number of ether oxygens (including phenoxy) is 1. The molecule has 1 heterocycles. The molecule has 110 valence electrons. The van der Waals surface area contributed by atoms with Crippen LogP contribution in [0, 0.1) is 10.1 Å². The van der Waals surface area contributed by atoms with E-state index in [1.54, 1.807) is 13.2 Å². The van der Waals surface area contributed by atoms with Crippen LogP contribution < -0.4 is 5.32 Å². The molecule has 1 atom stereocenters. The van der Waals surface area contributed by atoms with Gasteiger partial charge in [0.1, 0.15) is 11.7 Å². The molecule has 1 unspecified atom stereocenters. The number of nitrogens with zero attached hydrogens (tertiary/aromatic N) is 1. The molecular formula is C14H14N2O4S. The molecule has 0 aliphatic heterocycles. The Kier molecular flexibility index (Phi) is 5.02. The lowest BCUT2D eigenvalue weighted by atomic mass is 10.1. The van der Waals surface area contributed by atoms with Crippen molar-refractivity contribution in [1.29, 1.82) is 0 Å². The van der Waals surface area contributed by atoms with Gasteiger partial charge in [-0.3, -0.25) is 14.9 Å². The van der Waals surface area contributed by atoms with Gasteiger partial charge in [0.05, 0.1) is 4.92 Å². The first kappa shape index (κ1) is 15.1. The Hall–Kier alpha value is -2.25. The first-order valence-electron chi connectivity index (χ1n) is 6.20. The van der Waals surface area contributed by atoms with Crippen molar-refractivity contribution < 1.29 is 14.5 Å². The fraction of sp³-hybridized carbons (Fsp3) is 0.214. The second kappa shape index (κ2) is 6.96. The molecule has 21 heavy (non-hydrogen) atoms. The summed E-state index contributed by atoms with van der Waals surface area (Å²) in [6.45, 7) is 0.248. The molecule has 0 fully saturated rings. The van der Waals surface area contributed by atoms with Crippen LogP contribution in [0.15, 0.2) is 41.1 Å². The van der Waals surface area contributed by atoms with E-state index in [4.69, 9.17) is 4.74 Å². The van der Waals surface area contributed by atoms with Crippen molar-refractivity contribution >= 4 is 22.9 Å². The number of nitro groups is 1. The van der Waals surface area contributed by atoms with Gasteiger partial charge in [-0.1, -0.05) is 12.1 Å². The maximum atomic E-state index is 12.1. The number of benzene rings is 1. The summed E-state index contributed by atoms with van der Waals surface area (Å²) in [7, 11) is 1.56. The summed E-state index contributed by atoms with van der Waals surface area (Å²) >= 11 is 1.54. The highest BCUT2D eigenvalue weighted by atomic mass is 32.1. The highest BCUT2D eigenvalue weighted by Crippen LogP contribution is 2.20. The van der Waals surface area contributed by atoms with Gasteiger partial charge in [0, 0.05) is 19.7 Å². The number of carbonyl (C=O) groups excluding carboxylic acids is 1. The van der Waals surface area contributed by atoms with Gasteiger partial charge in [-0.25, -0.2) is 0 Å². The number of nitrogens with one attached hydrogen (secondary N) is 1. The molecule has 0 spiro atoms. The van der Waals surface area contributed by atoms with E-state index >= 15 is 0 Å². The van der Waals surface area contributed by atoms with E-state index in [-0.39, 0.29) is 23.9 Å². The Bertz CT molecular complexity index is 628. The minimum absolute atomic E-state index is 0.0441. The van der Waals surface area contributed by atoms with Crippen molar-refractivity contribution in [3.05, 3.63) is 62.3 Å². The standard InChI is InChI=1S/C14H14N2O4S/c1-20-13(10-6-7-21-9-10)8-15-14(17)11-4-2-3-5-12(11)16(18)19/h2-7,9,13H,8H2,1H3,(H,15,17). The van der Waals surface area contributed by atoms with E-state index in [0.717, 1.165) is 5.56 Å². The molecule has 7 heteroatoms. The second-order valence-electron chi connectivity index (χ2n) is 4.27. The van der Waals surface area contributed by atoms with Gasteiger partial charge in [-0.05, 0) is 28.5 Å². The van der Waals surface area contributed by atoms with Gasteiger partial charge < -0.3 is 10.1 Å². The Morgan fingerprint density at radius 2 is 2.19 bits per heavy atom. The molecule has 0 saturated heterocycles. The Balaban J connectivity index is 2.07. The summed E-state index contributed by atoms with van der Waals surface area (Å²) in [4.78, 5) is 22.4. The third-order valence-corrected chi connectivity index (χ3v) is 3.69. The number of methoxy groups -OCH3 is 1. The fourth-order valence-electron chi connectivity index (χ4n) is 1.90. The highest BCUT2D eigenvalue weighted by Gasteiger charge is 2.20. The fourth-order valence-corrected chi connectivity index (χ4v) is 2.60. The van der Waals surface area contributed by atoms with Gasteiger partial charge in [0.2, 0.25) is 0 Å². The molecule has 0 aliphatic rings. The van der Waals surface area contributed by atoms with Crippen LogP contribution in [0.1, 0.15) is 22.0 Å². The Morgan fingerprint density at radius 1 is 1.43 bits per heavy atom. The zero-order chi connectivity index (χ0) is 15.2. The number of rotatable bonds is 6. The number of para-hydroxylation sites is 1. The number of thiophene rings is 1. The van der Waals surface area contributed by atoms with Gasteiger partial charge in [-0.15, -0.1) is 0 Å². The van der Waals surface area contributed by atoms with E-state index in [2.05, 4.69) is 5.32 Å². The first-order valence-corrected chi connectivity index (χ1v) is 7.14. The topological polar surface area (TPSA) is 81.5 Å². The number of carbonyl (C=O) groups is 1. The molecule has 2 aromatic rings. The smallest absolute Gasteiger partial charge is 0.282 e. The van der Waals surface area contributed by atoms with Gasteiger partial charge in [0.15, 0.2) is 0 Å². The summed E-state index contributed by atoms with van der Waals surface area (Å²) in [6.07, 6.45) is -0.275. The van der Waals surface area contributed by atoms with Crippen molar-refractivity contribution in [3.8, 4) is 0 Å². The minimum Gasteiger partial charge on any atom is -0.375 e. The molecular weight excluding hydrogens is 292 g/mol. The Labute approximate surface area is 125 Å². The van der Waals surface area contributed by atoms with Crippen LogP contribution in [-0.4, -0.2) is 24.5 Å². The molecule has 0 bridgehead atoms. The largest absolute Gasteiger partial charge is 0.375 e. The van der Waals surface area contributed by atoms with E-state index in [0.29, 0.717) is 0 Å². The zero-order valence-corrected chi connectivity index (χ0v) is 12.1. The van der Waals surface area contributed by atoms with E-state index < -0.39 is 10.8 Å². The third kappa shape index (κ3) is 3.65. The van der Waals surface area contributed by atoms with Crippen LogP contribution in [0.4, 0.5) is 5.69 Å². The van der Waals surface area contributed by atoms with Crippen LogP contribution >= 0.6 is 11.3 Å². The van der Waals surface area contributed by atoms with Crippen molar-refractivity contribution in [1.82, 2.24) is 5.32 Å². The maximum absolute atomic E-state index is 12.1. The summed E-state index contributed by atoms with van der Waals surface area (Å²) < 4.78 is 5.32. The number of hydrogen-bond acceptors (Lipinski definition) is 5. The predicted molar refractivity (Wildman–Crippen MR) is 79.5 cm³/mol. The molecule has 6 nitrogen and oxygen atoms in total. The van der Waals surface area contributed by atoms with Crippen LogP contribution in [-0.2, 0) is 4.74 Å². The molecule has 0 aliphatic carbocycles. The van der Waals surface area contributed by atoms with Gasteiger partial charge in [-0.2, -0.15) is 11.3 Å². The quantitative estimate of drug-likeness (QED) is 0.657. The summed E-state index contributed by atoms with van der Waals surface area (Å²) in [6, 6.07) is 7.77. The lowest BCUT2D eigenvalue weighted by molar-refractivity contribution is -0.385. The summed E-state index contributed by atoms with van der Waals surface area (Å²) in [5, 5.41) is 17.4. The average molecular weight is 306 g/mol. The van der Waals surface area contributed by atoms with Crippen LogP contribution in [0.5, 0.6) is 0 Å². The molecule has 1 aromatic carbocycles. The molecule has 0 radical (unpaired) electrons. The molecule has 1 amide bonds. The van der Waals surface area contributed by atoms with E-state index in [1.165, 1.54) is 29.5 Å². The van der Waals surface area contributed by atoms with Gasteiger partial charge in [0.25, 0.3) is 11.6 Å². The first-order chi connectivity index (χ1) is 10.1. The van der Waals surface area contributed by atoms with Crippen molar-refractivity contribution in [2.24, 2.45) is 0 Å². The van der Waals surface area contributed by atoms with E-state index in [1.807, 2.05) is 16.8 Å². The van der Waals surface area contributed by atoms with Crippen molar-refractivity contribution in [2.75, 3.05) is 13.7 Å². The number of amides is 1. The zero-order valence-electron chi connectivity index (χ0n) is 11.3. The van der Waals surface area contributed by atoms with E-state index in [9.17, 15) is 14.9 Å². The maximum Gasteiger partial charge on any atom is 0.282 e. The normalized spacial score (nSPS) is 11.9. The Morgan fingerprint density at radius 3 is 2.81 bits per heavy atom. The SMILES string of the molecule is COC(CNC(=O)c1ccccc1[N+](=O)[O-])c1ccsc1. The molecule has 1 aromatic heterocycles. The number of nitro benzene ring substituents is 1.